The first kappa shape index (κ1) is 25.0. The molecule has 11 heteroatoms. The Kier molecular flexibility index (Phi) is 5.03. The average molecular weight is 558 g/mol. The van der Waals surface area contributed by atoms with Crippen molar-refractivity contribution in [3.63, 3.8) is 0 Å². The number of hydrogen-bond acceptors (Lipinski definition) is 11. The average Bonchev–Trinajstić information content (AvgIpc) is 3.19. The first-order valence-corrected chi connectivity index (χ1v) is 12.7. The van der Waals surface area contributed by atoms with Gasteiger partial charge in [0, 0.05) is 30.2 Å². The van der Waals surface area contributed by atoms with Gasteiger partial charge in [-0.25, -0.2) is 0 Å². The predicted octanol–water partition coefficient (Wildman–Crippen LogP) is 2.57. The minimum atomic E-state index is -2.68. The maximum absolute atomic E-state index is 14.3. The van der Waals surface area contributed by atoms with Crippen molar-refractivity contribution in [3.8, 4) is 28.7 Å². The van der Waals surface area contributed by atoms with E-state index in [1.165, 1.54) is 48.5 Å². The van der Waals surface area contributed by atoms with Gasteiger partial charge in [-0.05, 0) is 35.4 Å². The fourth-order valence-electron chi connectivity index (χ4n) is 6.10. The highest BCUT2D eigenvalue weighted by Crippen LogP contribution is 2.63. The van der Waals surface area contributed by atoms with Crippen molar-refractivity contribution >= 4 is 11.6 Å². The van der Waals surface area contributed by atoms with Gasteiger partial charge >= 0.3 is 0 Å². The van der Waals surface area contributed by atoms with Crippen molar-refractivity contribution < 1.29 is 54.4 Å². The van der Waals surface area contributed by atoms with E-state index >= 15 is 0 Å². The second-order valence-corrected chi connectivity index (χ2v) is 10.4. The van der Waals surface area contributed by atoms with Crippen LogP contribution in [0.5, 0.6) is 28.7 Å². The topological polar surface area (TPSA) is 183 Å². The molecule has 1 fully saturated rings. The van der Waals surface area contributed by atoms with Crippen molar-refractivity contribution in [2.75, 3.05) is 0 Å². The fourth-order valence-corrected chi connectivity index (χ4v) is 6.10. The van der Waals surface area contributed by atoms with Crippen LogP contribution in [0.25, 0.3) is 0 Å². The number of fused-ring (bicyclic) bond motifs is 1. The van der Waals surface area contributed by atoms with Crippen LogP contribution >= 0.6 is 0 Å². The number of aromatic hydroxyl groups is 4. The second-order valence-electron chi connectivity index (χ2n) is 10.4. The van der Waals surface area contributed by atoms with Crippen molar-refractivity contribution in [1.29, 1.82) is 0 Å². The summed E-state index contributed by atoms with van der Waals surface area (Å²) in [4.78, 5) is 27.6. The van der Waals surface area contributed by atoms with E-state index in [9.17, 15) is 40.2 Å². The number of Topliss-reactive ketones (excluding diaryl/α,β-unsaturated/α-hetero) is 1. The standard InChI is InChI=1S/C30H22O11/c31-15-5-1-13(2-6-15)25-21(36)11-18-19(34)12-23-30(28(18)40-25)29(38,27(39-23)14-3-7-16(32)8-4-14)26(37)24-20(35)9-17(33)10-22(24)41-30/h1-10,12,21,25,27,31-33,35-36,38H,11H2/t21-,25+,27-,29+,30-/m0/s1. The van der Waals surface area contributed by atoms with Gasteiger partial charge < -0.3 is 44.8 Å². The van der Waals surface area contributed by atoms with Crippen LogP contribution in [0.1, 0.15) is 40.1 Å². The molecule has 5 atom stereocenters. The molecule has 3 aromatic rings. The molecule has 6 N–H and O–H groups in total. The van der Waals surface area contributed by atoms with E-state index in [1.54, 1.807) is 0 Å². The molecule has 0 amide bonds. The number of ether oxygens (including phenoxy) is 3. The van der Waals surface area contributed by atoms with Crippen LogP contribution < -0.4 is 4.74 Å². The summed E-state index contributed by atoms with van der Waals surface area (Å²) in [6, 6.07) is 13.3. The Balaban J connectivity index is 1.49. The zero-order valence-corrected chi connectivity index (χ0v) is 21.0. The third-order valence-corrected chi connectivity index (χ3v) is 7.99. The van der Waals surface area contributed by atoms with Crippen LogP contribution in [0.2, 0.25) is 0 Å². The molecule has 0 radical (unpaired) electrons. The number of carbonyl (C=O) groups is 2. The molecule has 0 saturated carbocycles. The molecule has 3 heterocycles. The van der Waals surface area contributed by atoms with Crippen LogP contribution in [0.4, 0.5) is 0 Å². The summed E-state index contributed by atoms with van der Waals surface area (Å²) in [5, 5.41) is 64.0. The van der Waals surface area contributed by atoms with Crippen molar-refractivity contribution in [2.45, 2.75) is 35.9 Å². The zero-order chi connectivity index (χ0) is 28.8. The molecular weight excluding hydrogens is 536 g/mol. The van der Waals surface area contributed by atoms with Crippen LogP contribution in [-0.2, 0) is 14.3 Å². The number of aliphatic hydroxyl groups excluding tert-OH is 1. The Morgan fingerprint density at radius 3 is 2.10 bits per heavy atom. The SMILES string of the molecule is O=C1C=C2O[C@@H](c3ccc(O)cc3)[C@]3(O)C(=O)c4c(O)cc(O)cc4O[C@]23C2=C1C[C@H](O)[C@@H](c1ccc(O)cc1)O2. The third-order valence-electron chi connectivity index (χ3n) is 7.99. The molecule has 41 heavy (non-hydrogen) atoms. The highest BCUT2D eigenvalue weighted by Gasteiger charge is 2.78. The fraction of sp³-hybridized carbons (Fsp3) is 0.200. The lowest BCUT2D eigenvalue weighted by Crippen LogP contribution is -2.67. The summed E-state index contributed by atoms with van der Waals surface area (Å²) in [7, 11) is 0. The number of aliphatic hydroxyl groups is 2. The maximum Gasteiger partial charge on any atom is 0.262 e. The second kappa shape index (κ2) is 8.26. The number of carbonyl (C=O) groups excluding carboxylic acids is 2. The van der Waals surface area contributed by atoms with Gasteiger partial charge in [-0.2, -0.15) is 0 Å². The summed E-state index contributed by atoms with van der Waals surface area (Å²) in [5.41, 5.74) is -4.81. The minimum absolute atomic E-state index is 0.0247. The molecule has 1 saturated heterocycles. The molecule has 3 aliphatic heterocycles. The van der Waals surface area contributed by atoms with E-state index in [0.29, 0.717) is 5.56 Å². The summed E-state index contributed by atoms with van der Waals surface area (Å²) in [5.74, 6) is -3.65. The number of ketones is 2. The number of phenols is 4. The number of benzene rings is 3. The summed E-state index contributed by atoms with van der Waals surface area (Å²) in [6.45, 7) is 0. The Morgan fingerprint density at radius 2 is 1.44 bits per heavy atom. The van der Waals surface area contributed by atoms with E-state index in [4.69, 9.17) is 14.2 Å². The molecule has 1 spiro atoms. The number of allylic oxidation sites excluding steroid dienone is 1. The molecule has 208 valence electrons. The quantitative estimate of drug-likeness (QED) is 0.272. The smallest absolute Gasteiger partial charge is 0.262 e. The van der Waals surface area contributed by atoms with Gasteiger partial charge in [0.25, 0.3) is 5.60 Å². The van der Waals surface area contributed by atoms with Crippen molar-refractivity contribution in [1.82, 2.24) is 0 Å². The van der Waals surface area contributed by atoms with Gasteiger partial charge in [-0.15, -0.1) is 0 Å². The van der Waals surface area contributed by atoms with Crippen molar-refractivity contribution in [2.24, 2.45) is 0 Å². The van der Waals surface area contributed by atoms with Crippen LogP contribution in [0, 0.1) is 0 Å². The Labute approximate surface area is 231 Å². The zero-order valence-electron chi connectivity index (χ0n) is 21.0. The molecule has 11 nitrogen and oxygen atoms in total. The Bertz CT molecular complexity index is 1710. The summed E-state index contributed by atoms with van der Waals surface area (Å²) >= 11 is 0. The molecular formula is C30H22O11. The number of phenolic OH excluding ortho intramolecular Hbond substituents is 4. The lowest BCUT2D eigenvalue weighted by atomic mass is 9.66. The molecule has 7 rings (SSSR count). The Morgan fingerprint density at radius 1 is 0.805 bits per heavy atom. The van der Waals surface area contributed by atoms with Gasteiger partial charge in [-0.1, -0.05) is 24.3 Å². The first-order valence-electron chi connectivity index (χ1n) is 12.7. The minimum Gasteiger partial charge on any atom is -0.508 e. The molecule has 0 aromatic heterocycles. The molecule has 1 aliphatic carbocycles. The maximum atomic E-state index is 14.3. The van der Waals surface area contributed by atoms with Gasteiger partial charge in [0.2, 0.25) is 11.4 Å². The summed E-state index contributed by atoms with van der Waals surface area (Å²) < 4.78 is 18.7. The normalized spacial score (nSPS) is 29.7. The van der Waals surface area contributed by atoms with E-state index in [0.717, 1.165) is 18.2 Å². The van der Waals surface area contributed by atoms with E-state index in [1.807, 2.05) is 0 Å². The number of hydrogen-bond donors (Lipinski definition) is 6. The highest BCUT2D eigenvalue weighted by molar-refractivity contribution is 6.13. The van der Waals surface area contributed by atoms with Crippen LogP contribution in [-0.4, -0.2) is 59.5 Å². The Hall–Kier alpha value is -5.00. The van der Waals surface area contributed by atoms with Gasteiger partial charge in [0.15, 0.2) is 23.4 Å². The van der Waals surface area contributed by atoms with Crippen LogP contribution in [0.3, 0.4) is 0 Å². The van der Waals surface area contributed by atoms with Crippen LogP contribution in [0.15, 0.2) is 83.8 Å². The molecule has 3 aromatic carbocycles. The van der Waals surface area contributed by atoms with Crippen molar-refractivity contribution in [3.05, 3.63) is 101 Å². The molecule has 4 aliphatic rings. The lowest BCUT2D eigenvalue weighted by Gasteiger charge is -2.48. The number of rotatable bonds is 2. The summed E-state index contributed by atoms with van der Waals surface area (Å²) in [6.07, 6.45) is -3.02. The predicted molar refractivity (Wildman–Crippen MR) is 137 cm³/mol. The van der Waals surface area contributed by atoms with Gasteiger partial charge in [0.1, 0.15) is 40.4 Å². The largest absolute Gasteiger partial charge is 0.508 e. The molecule has 0 bridgehead atoms. The third kappa shape index (κ3) is 3.21. The van der Waals surface area contributed by atoms with Gasteiger partial charge in [0.05, 0.1) is 6.10 Å². The van der Waals surface area contributed by atoms with E-state index < -0.39 is 58.1 Å². The lowest BCUT2D eigenvalue weighted by molar-refractivity contribution is -0.130. The van der Waals surface area contributed by atoms with E-state index in [-0.39, 0.29) is 46.3 Å². The monoisotopic (exact) mass is 558 g/mol. The first-order chi connectivity index (χ1) is 19.5. The van der Waals surface area contributed by atoms with Gasteiger partial charge in [-0.3, -0.25) is 9.59 Å². The highest BCUT2D eigenvalue weighted by atomic mass is 16.6. The van der Waals surface area contributed by atoms with E-state index in [2.05, 4.69) is 0 Å². The molecule has 0 unspecified atom stereocenters.